The minimum Gasteiger partial charge on any atom is -0.343 e. The van der Waals surface area contributed by atoms with Crippen LogP contribution in [0.25, 0.3) is 0 Å². The molecule has 1 aromatic carbocycles. The molecule has 2 rings (SSSR count). The summed E-state index contributed by atoms with van der Waals surface area (Å²) in [7, 11) is 1.29. The number of rotatable bonds is 3. The fourth-order valence-corrected chi connectivity index (χ4v) is 1.70. The average molecular weight is 232 g/mol. The maximum absolute atomic E-state index is 13.6. The summed E-state index contributed by atoms with van der Waals surface area (Å²) in [5, 5.41) is 0. The topological polar surface area (TPSA) is 26.3 Å². The van der Waals surface area contributed by atoms with Gasteiger partial charge in [-0.2, -0.15) is 0 Å². The highest BCUT2D eigenvalue weighted by Crippen LogP contribution is 2.25. The number of hydrogen-bond donors (Lipinski definition) is 0. The van der Waals surface area contributed by atoms with Gasteiger partial charge in [-0.1, -0.05) is 42.5 Å². The van der Waals surface area contributed by atoms with Crippen LogP contribution < -0.4 is 0 Å². The minimum atomic E-state index is -1.88. The summed E-state index contributed by atoms with van der Waals surface area (Å²) in [6.07, 6.45) is 5.58. The molecule has 3 heteroatoms. The predicted octanol–water partition coefficient (Wildman–Crippen LogP) is 2.92. The van der Waals surface area contributed by atoms with E-state index in [9.17, 15) is 9.18 Å². The van der Waals surface area contributed by atoms with E-state index in [0.717, 1.165) is 0 Å². The molecule has 0 atom stereocenters. The Bertz CT molecular complexity index is 448. The molecule has 2 nitrogen and oxygen atoms in total. The molecule has 0 aliphatic heterocycles. The summed E-state index contributed by atoms with van der Waals surface area (Å²) in [5.41, 5.74) is 0.621. The number of alkyl halides is 1. The predicted molar refractivity (Wildman–Crippen MR) is 63.4 cm³/mol. The molecule has 0 bridgehead atoms. The van der Waals surface area contributed by atoms with Crippen molar-refractivity contribution >= 4 is 5.78 Å². The third-order valence-corrected chi connectivity index (χ3v) is 2.74. The molecule has 88 valence electrons. The highest BCUT2D eigenvalue weighted by atomic mass is 19.2. The monoisotopic (exact) mass is 232 g/mol. The Hall–Kier alpha value is -1.74. The zero-order valence-corrected chi connectivity index (χ0v) is 9.47. The van der Waals surface area contributed by atoms with E-state index < -0.39 is 11.8 Å². The van der Waals surface area contributed by atoms with E-state index >= 15 is 0 Å². The second-order valence-corrected chi connectivity index (χ2v) is 3.88. The van der Waals surface area contributed by atoms with E-state index in [2.05, 4.69) is 4.74 Å². The van der Waals surface area contributed by atoms with Crippen molar-refractivity contribution < 1.29 is 13.9 Å². The largest absolute Gasteiger partial charge is 0.343 e. The Morgan fingerprint density at radius 2 is 1.82 bits per heavy atom. The quantitative estimate of drug-likeness (QED) is 0.591. The van der Waals surface area contributed by atoms with Gasteiger partial charge in [0, 0.05) is 12.7 Å². The Kier molecular flexibility index (Phi) is 3.20. The van der Waals surface area contributed by atoms with E-state index in [4.69, 9.17) is 0 Å². The van der Waals surface area contributed by atoms with Gasteiger partial charge in [-0.05, 0) is 12.2 Å². The highest BCUT2D eigenvalue weighted by Gasteiger charge is 2.27. The van der Waals surface area contributed by atoms with Crippen molar-refractivity contribution in [3.05, 3.63) is 60.2 Å². The summed E-state index contributed by atoms with van der Waals surface area (Å²) in [6, 6.07) is 8.95. The summed E-state index contributed by atoms with van der Waals surface area (Å²) in [5.74, 6) is -2.35. The number of carbonyl (C=O) groups is 1. The number of carbonyl (C=O) groups excluding carboxylic acids is 1. The molecule has 0 aromatic heterocycles. The molecule has 0 saturated carbocycles. The lowest BCUT2D eigenvalue weighted by Gasteiger charge is -2.20. The molecule has 0 spiro atoms. The van der Waals surface area contributed by atoms with Gasteiger partial charge in [0.2, 0.25) is 5.85 Å². The van der Waals surface area contributed by atoms with Crippen LogP contribution in [0.1, 0.15) is 10.4 Å². The van der Waals surface area contributed by atoms with Crippen molar-refractivity contribution in [1.29, 1.82) is 0 Å². The third-order valence-electron chi connectivity index (χ3n) is 2.74. The summed E-state index contributed by atoms with van der Waals surface area (Å²) >= 11 is 0. The van der Waals surface area contributed by atoms with Gasteiger partial charge in [0.15, 0.2) is 5.78 Å². The van der Waals surface area contributed by atoms with Gasteiger partial charge in [0.05, 0.1) is 5.92 Å². The second kappa shape index (κ2) is 4.63. The minimum absolute atomic E-state index is 0.0451. The molecule has 1 aliphatic carbocycles. The first-order chi connectivity index (χ1) is 8.14. The van der Waals surface area contributed by atoms with Gasteiger partial charge < -0.3 is 4.74 Å². The van der Waals surface area contributed by atoms with Crippen molar-refractivity contribution in [1.82, 2.24) is 0 Å². The number of ether oxygens (including phenoxy) is 1. The van der Waals surface area contributed by atoms with Crippen LogP contribution >= 0.6 is 0 Å². The summed E-state index contributed by atoms with van der Waals surface area (Å²) in [6.45, 7) is 0. The molecular formula is C14H13FO2. The maximum atomic E-state index is 13.6. The molecule has 1 aromatic rings. The number of allylic oxidation sites excluding steroid dienone is 2. The standard InChI is InChI=1S/C14H13FO2/c1-17-14(15)9-7-12(8-10-14)13(16)11-5-3-2-4-6-11/h2-10,12H,1H3. The van der Waals surface area contributed by atoms with Crippen LogP contribution in [0.3, 0.4) is 0 Å². The molecule has 0 unspecified atom stereocenters. The second-order valence-electron chi connectivity index (χ2n) is 3.88. The van der Waals surface area contributed by atoms with Crippen LogP contribution in [0, 0.1) is 5.92 Å². The van der Waals surface area contributed by atoms with E-state index in [1.165, 1.54) is 31.4 Å². The van der Waals surface area contributed by atoms with Gasteiger partial charge in [0.25, 0.3) is 0 Å². The first kappa shape index (κ1) is 11.7. The number of Topliss-reactive ketones (excluding diaryl/α,β-unsaturated/α-hetero) is 1. The lowest BCUT2D eigenvalue weighted by Crippen LogP contribution is -2.24. The number of ketones is 1. The van der Waals surface area contributed by atoms with E-state index in [0.29, 0.717) is 5.56 Å². The maximum Gasteiger partial charge on any atom is 0.247 e. The SMILES string of the molecule is COC1(F)C=CC(C(=O)c2ccccc2)C=C1. The molecule has 0 heterocycles. The summed E-state index contributed by atoms with van der Waals surface area (Å²) in [4.78, 5) is 12.0. The van der Waals surface area contributed by atoms with E-state index in [1.807, 2.05) is 6.07 Å². The first-order valence-electron chi connectivity index (χ1n) is 5.37. The Morgan fingerprint density at radius 1 is 1.24 bits per heavy atom. The Labute approximate surface area is 99.4 Å². The van der Waals surface area contributed by atoms with Gasteiger partial charge in [-0.3, -0.25) is 4.79 Å². The number of halogens is 1. The van der Waals surface area contributed by atoms with Crippen LogP contribution in [0.15, 0.2) is 54.6 Å². The fourth-order valence-electron chi connectivity index (χ4n) is 1.70. The van der Waals surface area contributed by atoms with Crippen molar-refractivity contribution in [3.8, 4) is 0 Å². The van der Waals surface area contributed by atoms with Crippen molar-refractivity contribution in [2.75, 3.05) is 7.11 Å². The van der Waals surface area contributed by atoms with E-state index in [1.54, 1.807) is 24.3 Å². The zero-order chi connectivity index (χ0) is 12.3. The van der Waals surface area contributed by atoms with Crippen molar-refractivity contribution in [2.24, 2.45) is 5.92 Å². The highest BCUT2D eigenvalue weighted by molar-refractivity contribution is 6.00. The lowest BCUT2D eigenvalue weighted by molar-refractivity contribution is -0.0385. The molecular weight excluding hydrogens is 219 g/mol. The molecule has 17 heavy (non-hydrogen) atoms. The molecule has 0 saturated heterocycles. The molecule has 0 radical (unpaired) electrons. The van der Waals surface area contributed by atoms with Gasteiger partial charge in [-0.25, -0.2) is 4.39 Å². The van der Waals surface area contributed by atoms with Crippen LogP contribution in [0.4, 0.5) is 4.39 Å². The van der Waals surface area contributed by atoms with Gasteiger partial charge >= 0.3 is 0 Å². The normalized spacial score (nSPS) is 27.1. The number of benzene rings is 1. The molecule has 0 N–H and O–H groups in total. The fraction of sp³-hybridized carbons (Fsp3) is 0.214. The first-order valence-corrected chi connectivity index (χ1v) is 5.37. The van der Waals surface area contributed by atoms with Crippen LogP contribution in [0.2, 0.25) is 0 Å². The van der Waals surface area contributed by atoms with Crippen LogP contribution in [-0.4, -0.2) is 18.7 Å². The Morgan fingerprint density at radius 3 is 2.35 bits per heavy atom. The van der Waals surface area contributed by atoms with E-state index in [-0.39, 0.29) is 5.78 Å². The molecule has 0 amide bonds. The average Bonchev–Trinajstić information content (AvgIpc) is 2.40. The van der Waals surface area contributed by atoms with Crippen LogP contribution in [-0.2, 0) is 4.74 Å². The number of hydrogen-bond acceptors (Lipinski definition) is 2. The Balaban J connectivity index is 2.15. The smallest absolute Gasteiger partial charge is 0.247 e. The van der Waals surface area contributed by atoms with Gasteiger partial charge in [-0.15, -0.1) is 0 Å². The van der Waals surface area contributed by atoms with Crippen molar-refractivity contribution in [2.45, 2.75) is 5.85 Å². The van der Waals surface area contributed by atoms with Crippen LogP contribution in [0.5, 0.6) is 0 Å². The van der Waals surface area contributed by atoms with Gasteiger partial charge in [0.1, 0.15) is 0 Å². The van der Waals surface area contributed by atoms with Crippen molar-refractivity contribution in [3.63, 3.8) is 0 Å². The third kappa shape index (κ3) is 2.50. The number of methoxy groups -OCH3 is 1. The summed E-state index contributed by atoms with van der Waals surface area (Å²) < 4.78 is 18.3. The molecule has 0 fully saturated rings. The molecule has 1 aliphatic rings. The lowest BCUT2D eigenvalue weighted by atomic mass is 9.92. The zero-order valence-electron chi connectivity index (χ0n) is 9.47.